The van der Waals surface area contributed by atoms with Crippen LogP contribution in [-0.4, -0.2) is 52.9 Å². The molecule has 1 aromatic carbocycles. The van der Waals surface area contributed by atoms with E-state index >= 15 is 0 Å². The Morgan fingerprint density at radius 3 is 3.00 bits per heavy atom. The largest absolute Gasteiger partial charge is 0.377 e. The van der Waals surface area contributed by atoms with Crippen molar-refractivity contribution in [1.29, 1.82) is 0 Å². The molecule has 0 saturated heterocycles. The first-order valence-electron chi connectivity index (χ1n) is 10.8. The number of methoxy groups -OCH3 is 1. The lowest BCUT2D eigenvalue weighted by molar-refractivity contribution is 0.0939. The van der Waals surface area contributed by atoms with E-state index in [9.17, 15) is 4.79 Å². The Bertz CT molecular complexity index is 909. The maximum atomic E-state index is 12.4. The normalized spacial score (nSPS) is 17.0. The fraction of sp³-hybridized carbons (Fsp3) is 0.545. The number of fused-ring (bicyclic) bond motifs is 1. The number of aromatic nitrogens is 3. The third kappa shape index (κ3) is 6.27. The van der Waals surface area contributed by atoms with Gasteiger partial charge in [0.15, 0.2) is 11.8 Å². The minimum absolute atomic E-state index is 0.0441. The number of amides is 1. The number of ether oxygens (including phenoxy) is 1. The van der Waals surface area contributed by atoms with Crippen LogP contribution in [0.2, 0.25) is 0 Å². The predicted molar refractivity (Wildman–Crippen MR) is 120 cm³/mol. The zero-order valence-electron chi connectivity index (χ0n) is 18.8. The summed E-state index contributed by atoms with van der Waals surface area (Å²) in [7, 11) is 3.40. The highest BCUT2D eigenvalue weighted by Gasteiger charge is 2.22. The number of aryl methyl sites for hydroxylation is 1. The molecule has 1 aliphatic rings. The lowest BCUT2D eigenvalue weighted by Gasteiger charge is -2.25. The van der Waals surface area contributed by atoms with Crippen molar-refractivity contribution in [3.8, 4) is 0 Å². The molecule has 0 bridgehead atoms. The van der Waals surface area contributed by atoms with Crippen LogP contribution in [0.4, 0.5) is 0 Å². The van der Waals surface area contributed by atoms with E-state index in [4.69, 9.17) is 4.74 Å². The number of hydrogen-bond donors (Lipinski definition) is 3. The van der Waals surface area contributed by atoms with E-state index in [-0.39, 0.29) is 18.0 Å². The van der Waals surface area contributed by atoms with Crippen molar-refractivity contribution in [3.63, 3.8) is 0 Å². The highest BCUT2D eigenvalue weighted by Crippen LogP contribution is 2.13. The maximum absolute atomic E-state index is 12.4. The number of benzene rings is 1. The van der Waals surface area contributed by atoms with Gasteiger partial charge >= 0.3 is 0 Å². The molecule has 0 spiro atoms. The number of rotatable bonds is 8. The molecule has 0 aliphatic carbocycles. The van der Waals surface area contributed by atoms with Gasteiger partial charge in [0.05, 0.1) is 6.54 Å². The van der Waals surface area contributed by atoms with Gasteiger partial charge in [-0.3, -0.25) is 9.79 Å². The fourth-order valence-electron chi connectivity index (χ4n) is 3.47. The third-order valence-electron chi connectivity index (χ3n) is 5.38. The van der Waals surface area contributed by atoms with E-state index in [1.807, 2.05) is 35.9 Å². The third-order valence-corrected chi connectivity index (χ3v) is 5.38. The van der Waals surface area contributed by atoms with Crippen molar-refractivity contribution in [3.05, 3.63) is 47.0 Å². The molecule has 1 aliphatic heterocycles. The molecule has 2 heterocycles. The minimum atomic E-state index is -0.0441. The highest BCUT2D eigenvalue weighted by molar-refractivity contribution is 5.94. The van der Waals surface area contributed by atoms with Gasteiger partial charge in [0, 0.05) is 44.8 Å². The summed E-state index contributed by atoms with van der Waals surface area (Å²) in [5, 5.41) is 14.3. The Labute approximate surface area is 183 Å². The summed E-state index contributed by atoms with van der Waals surface area (Å²) >= 11 is 0. The number of guanidine groups is 1. The molecule has 2 unspecified atom stereocenters. The number of nitrogens with zero attached hydrogens (tertiary/aromatic N) is 4. The van der Waals surface area contributed by atoms with Crippen LogP contribution in [0.5, 0.6) is 0 Å². The van der Waals surface area contributed by atoms with E-state index in [1.165, 1.54) is 0 Å². The van der Waals surface area contributed by atoms with E-state index in [2.05, 4.69) is 37.9 Å². The van der Waals surface area contributed by atoms with Gasteiger partial charge in [-0.25, -0.2) is 9.67 Å². The van der Waals surface area contributed by atoms with E-state index in [0.29, 0.717) is 18.7 Å². The molecule has 0 radical (unpaired) electrons. The number of carbonyl (C=O) groups is 1. The summed E-state index contributed by atoms with van der Waals surface area (Å²) in [5.41, 5.74) is 1.69. The summed E-state index contributed by atoms with van der Waals surface area (Å²) in [6.07, 6.45) is 2.72. The van der Waals surface area contributed by atoms with Crippen LogP contribution in [-0.2, 0) is 30.9 Å². The molecule has 9 nitrogen and oxygen atoms in total. The van der Waals surface area contributed by atoms with Gasteiger partial charge in [0.2, 0.25) is 0 Å². The molecule has 2 atom stereocenters. The van der Waals surface area contributed by atoms with Crippen LogP contribution in [0.1, 0.15) is 54.3 Å². The number of nitrogens with one attached hydrogen (secondary N) is 3. The minimum Gasteiger partial charge on any atom is -0.377 e. The van der Waals surface area contributed by atoms with Crippen molar-refractivity contribution in [2.75, 3.05) is 14.2 Å². The van der Waals surface area contributed by atoms with E-state index in [1.54, 1.807) is 14.2 Å². The molecular formula is C22H33N7O2. The number of aliphatic imine (C=N–C) groups is 1. The molecule has 168 valence electrons. The van der Waals surface area contributed by atoms with Gasteiger partial charge in [-0.05, 0) is 37.5 Å². The second-order valence-electron chi connectivity index (χ2n) is 7.85. The van der Waals surface area contributed by atoms with Gasteiger partial charge in [-0.2, -0.15) is 5.10 Å². The van der Waals surface area contributed by atoms with E-state index in [0.717, 1.165) is 49.0 Å². The van der Waals surface area contributed by atoms with Crippen LogP contribution in [0.15, 0.2) is 29.3 Å². The summed E-state index contributed by atoms with van der Waals surface area (Å²) in [6, 6.07) is 8.03. The average Bonchev–Trinajstić information content (AvgIpc) is 3.18. The smallest absolute Gasteiger partial charge is 0.251 e. The van der Waals surface area contributed by atoms with E-state index < -0.39 is 0 Å². The maximum Gasteiger partial charge on any atom is 0.251 e. The Hall–Kier alpha value is -2.94. The monoisotopic (exact) mass is 427 g/mol. The molecule has 0 fully saturated rings. The standard InChI is InChI=1S/C22H33N7O2/c1-5-15(2)25-21(30)17-8-6-7-16(11-17)12-24-22(23-3)26-18-9-10-20-27-19(14-31-4)28-29(20)13-18/h6-8,11,15,18H,5,9-10,12-14H2,1-4H3,(H,25,30)(H2,23,24,26). The molecule has 31 heavy (non-hydrogen) atoms. The van der Waals surface area contributed by atoms with Gasteiger partial charge < -0.3 is 20.7 Å². The lowest BCUT2D eigenvalue weighted by Crippen LogP contribution is -2.46. The van der Waals surface area contributed by atoms with Crippen molar-refractivity contribution in [1.82, 2.24) is 30.7 Å². The molecule has 3 N–H and O–H groups in total. The first-order valence-corrected chi connectivity index (χ1v) is 10.8. The first kappa shape index (κ1) is 22.7. The van der Waals surface area contributed by atoms with Crippen LogP contribution in [0.3, 0.4) is 0 Å². The second-order valence-corrected chi connectivity index (χ2v) is 7.85. The Morgan fingerprint density at radius 2 is 2.26 bits per heavy atom. The Morgan fingerprint density at radius 1 is 1.42 bits per heavy atom. The van der Waals surface area contributed by atoms with Crippen LogP contribution in [0.25, 0.3) is 0 Å². The molecule has 9 heteroatoms. The molecule has 1 aromatic heterocycles. The van der Waals surface area contributed by atoms with Crippen molar-refractivity contribution >= 4 is 11.9 Å². The van der Waals surface area contributed by atoms with Crippen LogP contribution in [0, 0.1) is 0 Å². The molecular weight excluding hydrogens is 394 g/mol. The first-order chi connectivity index (χ1) is 15.0. The number of hydrogen-bond acceptors (Lipinski definition) is 5. The van der Waals surface area contributed by atoms with Gasteiger partial charge in [-0.1, -0.05) is 19.1 Å². The second kappa shape index (κ2) is 10.9. The Kier molecular flexibility index (Phi) is 8.00. The van der Waals surface area contributed by atoms with Gasteiger partial charge in [0.25, 0.3) is 5.91 Å². The quantitative estimate of drug-likeness (QED) is 0.437. The van der Waals surface area contributed by atoms with Crippen LogP contribution < -0.4 is 16.0 Å². The van der Waals surface area contributed by atoms with Crippen molar-refractivity contribution in [2.45, 2.75) is 64.9 Å². The molecule has 3 rings (SSSR count). The van der Waals surface area contributed by atoms with Gasteiger partial charge in [-0.15, -0.1) is 0 Å². The van der Waals surface area contributed by atoms with Crippen LogP contribution >= 0.6 is 0 Å². The molecule has 2 aromatic rings. The summed E-state index contributed by atoms with van der Waals surface area (Å²) < 4.78 is 7.07. The highest BCUT2D eigenvalue weighted by atomic mass is 16.5. The lowest BCUT2D eigenvalue weighted by atomic mass is 10.1. The summed E-state index contributed by atoms with van der Waals surface area (Å²) in [6.45, 7) is 5.79. The Balaban J connectivity index is 1.54. The predicted octanol–water partition coefficient (Wildman–Crippen LogP) is 1.63. The fourth-order valence-corrected chi connectivity index (χ4v) is 3.47. The summed E-state index contributed by atoms with van der Waals surface area (Å²) in [4.78, 5) is 21.2. The molecule has 1 amide bonds. The zero-order chi connectivity index (χ0) is 22.2. The van der Waals surface area contributed by atoms with Crippen molar-refractivity contribution in [2.24, 2.45) is 4.99 Å². The van der Waals surface area contributed by atoms with Crippen molar-refractivity contribution < 1.29 is 9.53 Å². The molecule has 0 saturated carbocycles. The van der Waals surface area contributed by atoms with Gasteiger partial charge in [0.1, 0.15) is 12.4 Å². The average molecular weight is 428 g/mol. The topological polar surface area (TPSA) is 105 Å². The number of carbonyl (C=O) groups excluding carboxylic acids is 1. The SMILES string of the molecule is CCC(C)NC(=O)c1cccc(CNC(=NC)NC2CCc3nc(COC)nn3C2)c1. The zero-order valence-corrected chi connectivity index (χ0v) is 18.8. The summed E-state index contributed by atoms with van der Waals surface area (Å²) in [5.74, 6) is 2.40.